The Morgan fingerprint density at radius 3 is 2.41 bits per heavy atom. The van der Waals surface area contributed by atoms with Crippen LogP contribution in [0.3, 0.4) is 0 Å². The Morgan fingerprint density at radius 1 is 1.14 bits per heavy atom. The first-order valence-corrected chi connectivity index (χ1v) is 7.07. The van der Waals surface area contributed by atoms with Crippen LogP contribution in [0.5, 0.6) is 5.75 Å². The summed E-state index contributed by atoms with van der Waals surface area (Å²) in [7, 11) is 1.59. The fourth-order valence-corrected chi connectivity index (χ4v) is 2.26. The largest absolute Gasteiger partial charge is 0.497 e. The lowest BCUT2D eigenvalue weighted by molar-refractivity contribution is 0.415. The van der Waals surface area contributed by atoms with Gasteiger partial charge in [0, 0.05) is 17.3 Å². The predicted octanol–water partition coefficient (Wildman–Crippen LogP) is 4.02. The van der Waals surface area contributed by atoms with Crippen LogP contribution in [0.4, 0.5) is 14.5 Å². The standard InChI is InChI=1S/C16H16F2N2OS/c1-10(14-8-3-11(17)9-15(14)18)19-16(22)20-12-4-6-13(21-2)7-5-12/h3-10H,1-2H3,(H2,19,20,22)/t10-/m0/s1. The van der Waals surface area contributed by atoms with Crippen molar-refractivity contribution in [2.75, 3.05) is 12.4 Å². The number of nitrogens with one attached hydrogen (secondary N) is 2. The van der Waals surface area contributed by atoms with E-state index in [0.717, 1.165) is 17.5 Å². The van der Waals surface area contributed by atoms with Crippen molar-refractivity contribution >= 4 is 23.0 Å². The molecule has 0 unspecified atom stereocenters. The number of methoxy groups -OCH3 is 1. The highest BCUT2D eigenvalue weighted by atomic mass is 32.1. The normalized spacial score (nSPS) is 11.6. The van der Waals surface area contributed by atoms with Crippen LogP contribution in [-0.4, -0.2) is 12.2 Å². The van der Waals surface area contributed by atoms with Gasteiger partial charge in [-0.05, 0) is 49.5 Å². The maximum absolute atomic E-state index is 13.7. The number of ether oxygens (including phenoxy) is 1. The molecule has 22 heavy (non-hydrogen) atoms. The highest BCUT2D eigenvalue weighted by Crippen LogP contribution is 2.18. The van der Waals surface area contributed by atoms with E-state index in [4.69, 9.17) is 17.0 Å². The van der Waals surface area contributed by atoms with E-state index in [1.165, 1.54) is 12.1 Å². The van der Waals surface area contributed by atoms with Gasteiger partial charge in [0.2, 0.25) is 0 Å². The van der Waals surface area contributed by atoms with Gasteiger partial charge in [-0.2, -0.15) is 0 Å². The third-order valence-electron chi connectivity index (χ3n) is 3.12. The molecule has 0 saturated heterocycles. The zero-order valence-corrected chi connectivity index (χ0v) is 13.0. The number of thiocarbonyl (C=S) groups is 1. The van der Waals surface area contributed by atoms with E-state index < -0.39 is 11.6 Å². The molecule has 0 aromatic heterocycles. The second-order valence-electron chi connectivity index (χ2n) is 4.71. The van der Waals surface area contributed by atoms with Gasteiger partial charge in [0.25, 0.3) is 0 Å². The van der Waals surface area contributed by atoms with Crippen molar-refractivity contribution in [3.63, 3.8) is 0 Å². The molecule has 0 bridgehead atoms. The molecule has 1 atom stereocenters. The van der Waals surface area contributed by atoms with E-state index in [9.17, 15) is 8.78 Å². The number of hydrogen-bond acceptors (Lipinski definition) is 2. The highest BCUT2D eigenvalue weighted by Gasteiger charge is 2.12. The molecule has 0 aliphatic heterocycles. The van der Waals surface area contributed by atoms with Crippen LogP contribution in [0.1, 0.15) is 18.5 Å². The first kappa shape index (κ1) is 16.2. The Balaban J connectivity index is 1.98. The van der Waals surface area contributed by atoms with Gasteiger partial charge in [-0.25, -0.2) is 8.78 Å². The Morgan fingerprint density at radius 2 is 1.82 bits per heavy atom. The molecule has 2 rings (SSSR count). The summed E-state index contributed by atoms with van der Waals surface area (Å²) < 4.78 is 31.7. The van der Waals surface area contributed by atoms with E-state index in [1.807, 2.05) is 12.1 Å². The molecule has 0 heterocycles. The Hall–Kier alpha value is -2.21. The smallest absolute Gasteiger partial charge is 0.171 e. The molecule has 6 heteroatoms. The Kier molecular flexibility index (Phi) is 5.27. The fourth-order valence-electron chi connectivity index (χ4n) is 1.97. The number of benzene rings is 2. The minimum Gasteiger partial charge on any atom is -0.497 e. The van der Waals surface area contributed by atoms with E-state index >= 15 is 0 Å². The Bertz CT molecular complexity index is 662. The van der Waals surface area contributed by atoms with E-state index in [-0.39, 0.29) is 6.04 Å². The van der Waals surface area contributed by atoms with E-state index in [0.29, 0.717) is 10.7 Å². The molecular formula is C16H16F2N2OS. The van der Waals surface area contributed by atoms with E-state index in [1.54, 1.807) is 26.2 Å². The van der Waals surface area contributed by atoms with Gasteiger partial charge in [0.1, 0.15) is 17.4 Å². The predicted molar refractivity (Wildman–Crippen MR) is 87.1 cm³/mol. The third kappa shape index (κ3) is 4.14. The van der Waals surface area contributed by atoms with Gasteiger partial charge < -0.3 is 15.4 Å². The van der Waals surface area contributed by atoms with Crippen LogP contribution in [0.25, 0.3) is 0 Å². The summed E-state index contributed by atoms with van der Waals surface area (Å²) in [5, 5.41) is 6.30. The van der Waals surface area contributed by atoms with Crippen molar-refractivity contribution in [1.29, 1.82) is 0 Å². The maximum atomic E-state index is 13.7. The van der Waals surface area contributed by atoms with Gasteiger partial charge in [0.15, 0.2) is 5.11 Å². The minimum atomic E-state index is -0.604. The zero-order chi connectivity index (χ0) is 16.1. The molecule has 2 aromatic carbocycles. The SMILES string of the molecule is COc1ccc(NC(=S)N[C@@H](C)c2ccc(F)cc2F)cc1. The van der Waals surface area contributed by atoms with Crippen molar-refractivity contribution in [2.24, 2.45) is 0 Å². The van der Waals surface area contributed by atoms with Gasteiger partial charge in [0.05, 0.1) is 13.2 Å². The number of hydrogen-bond donors (Lipinski definition) is 2. The third-order valence-corrected chi connectivity index (χ3v) is 3.34. The van der Waals surface area contributed by atoms with Gasteiger partial charge in [-0.1, -0.05) is 6.07 Å². The quantitative estimate of drug-likeness (QED) is 0.833. The lowest BCUT2D eigenvalue weighted by Crippen LogP contribution is -2.31. The average Bonchev–Trinajstić information content (AvgIpc) is 2.47. The average molecular weight is 322 g/mol. The summed E-state index contributed by atoms with van der Waals surface area (Å²) in [6.45, 7) is 1.75. The molecule has 2 aromatic rings. The number of rotatable bonds is 4. The molecule has 116 valence electrons. The first-order valence-electron chi connectivity index (χ1n) is 6.66. The van der Waals surface area contributed by atoms with Crippen LogP contribution in [-0.2, 0) is 0 Å². The van der Waals surface area contributed by atoms with Crippen LogP contribution < -0.4 is 15.4 Å². The number of anilines is 1. The van der Waals surface area contributed by atoms with Gasteiger partial charge >= 0.3 is 0 Å². The summed E-state index contributed by atoms with van der Waals surface area (Å²) in [5.41, 5.74) is 1.13. The highest BCUT2D eigenvalue weighted by molar-refractivity contribution is 7.80. The summed E-state index contributed by atoms with van der Waals surface area (Å²) in [6.07, 6.45) is 0. The lowest BCUT2D eigenvalue weighted by atomic mass is 10.1. The van der Waals surface area contributed by atoms with Crippen LogP contribution in [0, 0.1) is 11.6 Å². The van der Waals surface area contributed by atoms with Crippen molar-refractivity contribution in [2.45, 2.75) is 13.0 Å². The van der Waals surface area contributed by atoms with Gasteiger partial charge in [-0.3, -0.25) is 0 Å². The summed E-state index contributed by atoms with van der Waals surface area (Å²) >= 11 is 5.19. The molecule has 0 radical (unpaired) electrons. The second-order valence-corrected chi connectivity index (χ2v) is 5.12. The fraction of sp³-hybridized carbons (Fsp3) is 0.188. The molecule has 0 spiro atoms. The topological polar surface area (TPSA) is 33.3 Å². The van der Waals surface area contributed by atoms with E-state index in [2.05, 4.69) is 10.6 Å². The molecule has 0 saturated carbocycles. The van der Waals surface area contributed by atoms with Crippen molar-refractivity contribution in [3.05, 3.63) is 59.7 Å². The maximum Gasteiger partial charge on any atom is 0.171 e. The summed E-state index contributed by atoms with van der Waals surface area (Å²) in [6, 6.07) is 10.3. The van der Waals surface area contributed by atoms with Crippen LogP contribution >= 0.6 is 12.2 Å². The molecule has 2 N–H and O–H groups in total. The van der Waals surface area contributed by atoms with Crippen molar-refractivity contribution in [1.82, 2.24) is 5.32 Å². The summed E-state index contributed by atoms with van der Waals surface area (Å²) in [5.74, 6) is -0.467. The van der Waals surface area contributed by atoms with Gasteiger partial charge in [-0.15, -0.1) is 0 Å². The molecule has 3 nitrogen and oxygen atoms in total. The first-order chi connectivity index (χ1) is 10.5. The zero-order valence-electron chi connectivity index (χ0n) is 12.2. The lowest BCUT2D eigenvalue weighted by Gasteiger charge is -2.18. The van der Waals surface area contributed by atoms with Crippen molar-refractivity contribution < 1.29 is 13.5 Å². The number of halogens is 2. The molecule has 0 amide bonds. The van der Waals surface area contributed by atoms with Crippen molar-refractivity contribution in [3.8, 4) is 5.75 Å². The minimum absolute atomic E-state index is 0.347. The second kappa shape index (κ2) is 7.17. The van der Waals surface area contributed by atoms with Crippen LogP contribution in [0.2, 0.25) is 0 Å². The molecule has 0 fully saturated rings. The Labute approximate surface area is 133 Å². The molecule has 0 aliphatic carbocycles. The molecular weight excluding hydrogens is 306 g/mol. The monoisotopic (exact) mass is 322 g/mol. The molecule has 0 aliphatic rings. The summed E-state index contributed by atoms with van der Waals surface area (Å²) in [4.78, 5) is 0. The van der Waals surface area contributed by atoms with Crippen LogP contribution in [0.15, 0.2) is 42.5 Å².